The highest BCUT2D eigenvalue weighted by Crippen LogP contribution is 2.23. The van der Waals surface area contributed by atoms with E-state index in [4.69, 9.17) is 5.73 Å². The first-order valence-corrected chi connectivity index (χ1v) is 9.52. The second kappa shape index (κ2) is 8.32. The normalized spacial score (nSPS) is 14.6. The predicted octanol–water partition coefficient (Wildman–Crippen LogP) is 3.44. The lowest BCUT2D eigenvalue weighted by Crippen LogP contribution is -2.44. The Kier molecular flexibility index (Phi) is 5.44. The molecule has 0 atom stereocenters. The molecule has 150 valence electrons. The topological polar surface area (TPSA) is 82.3 Å². The van der Waals surface area contributed by atoms with Crippen molar-refractivity contribution in [2.45, 2.75) is 0 Å². The third-order valence-electron chi connectivity index (χ3n) is 4.92. The molecule has 1 aromatic heterocycles. The standard InChI is InChI=1S/C21H24FN7/c1-28-10-12-29(13-11-28)17-5-2-15(3-6-17)26-21-24-9-8-20(27-21)25-16-4-7-18(22)19(23)14-16/h2-9,14H,10-13,23H2,1H3,(H2,24,25,26,27). The Hall–Kier alpha value is -3.39. The molecule has 7 nitrogen and oxygen atoms in total. The molecular formula is C21H24FN7. The lowest BCUT2D eigenvalue weighted by atomic mass is 10.2. The number of nitrogens with one attached hydrogen (secondary N) is 2. The second-order valence-electron chi connectivity index (χ2n) is 7.09. The molecule has 0 bridgehead atoms. The van der Waals surface area contributed by atoms with Gasteiger partial charge in [0, 0.05) is 49.4 Å². The first-order valence-electron chi connectivity index (χ1n) is 9.52. The van der Waals surface area contributed by atoms with Crippen molar-refractivity contribution in [3.8, 4) is 0 Å². The van der Waals surface area contributed by atoms with Gasteiger partial charge in [0.05, 0.1) is 5.69 Å². The van der Waals surface area contributed by atoms with Gasteiger partial charge in [-0.25, -0.2) is 9.37 Å². The summed E-state index contributed by atoms with van der Waals surface area (Å²) in [4.78, 5) is 13.4. The number of hydrogen-bond donors (Lipinski definition) is 3. The highest BCUT2D eigenvalue weighted by Gasteiger charge is 2.14. The number of nitrogen functional groups attached to an aromatic ring is 1. The first kappa shape index (κ1) is 18.9. The van der Waals surface area contributed by atoms with Crippen molar-refractivity contribution in [3.05, 3.63) is 60.5 Å². The van der Waals surface area contributed by atoms with Gasteiger partial charge in [-0.05, 0) is 55.6 Å². The van der Waals surface area contributed by atoms with E-state index >= 15 is 0 Å². The van der Waals surface area contributed by atoms with Crippen molar-refractivity contribution in [2.75, 3.05) is 54.5 Å². The Labute approximate surface area is 169 Å². The van der Waals surface area contributed by atoms with Crippen molar-refractivity contribution in [1.29, 1.82) is 0 Å². The van der Waals surface area contributed by atoms with E-state index < -0.39 is 5.82 Å². The molecular weight excluding hydrogens is 369 g/mol. The van der Waals surface area contributed by atoms with Crippen molar-refractivity contribution >= 4 is 34.5 Å². The van der Waals surface area contributed by atoms with Crippen LogP contribution in [0.15, 0.2) is 54.7 Å². The summed E-state index contributed by atoms with van der Waals surface area (Å²) in [7, 11) is 2.15. The van der Waals surface area contributed by atoms with Crippen LogP contribution in [-0.4, -0.2) is 48.1 Å². The Bertz CT molecular complexity index is 969. The van der Waals surface area contributed by atoms with Crippen LogP contribution < -0.4 is 21.3 Å². The zero-order valence-electron chi connectivity index (χ0n) is 16.3. The van der Waals surface area contributed by atoms with Gasteiger partial charge in [0.25, 0.3) is 0 Å². The summed E-state index contributed by atoms with van der Waals surface area (Å²) >= 11 is 0. The number of aromatic nitrogens is 2. The zero-order valence-corrected chi connectivity index (χ0v) is 16.3. The van der Waals surface area contributed by atoms with Crippen LogP contribution in [0.4, 0.5) is 38.9 Å². The van der Waals surface area contributed by atoms with Crippen LogP contribution in [0, 0.1) is 5.82 Å². The van der Waals surface area contributed by atoms with E-state index in [-0.39, 0.29) is 5.69 Å². The SMILES string of the molecule is CN1CCN(c2ccc(Nc3nccc(Nc4ccc(F)c(N)c4)n3)cc2)CC1. The predicted molar refractivity (Wildman–Crippen MR) is 116 cm³/mol. The molecule has 3 aromatic rings. The van der Waals surface area contributed by atoms with Crippen LogP contribution >= 0.6 is 0 Å². The summed E-state index contributed by atoms with van der Waals surface area (Å²) in [6.07, 6.45) is 1.66. The minimum Gasteiger partial charge on any atom is -0.396 e. The number of anilines is 6. The maximum Gasteiger partial charge on any atom is 0.229 e. The van der Waals surface area contributed by atoms with Crippen molar-refractivity contribution < 1.29 is 4.39 Å². The van der Waals surface area contributed by atoms with E-state index in [2.05, 4.69) is 49.6 Å². The number of piperazine rings is 1. The van der Waals surface area contributed by atoms with Gasteiger partial charge in [-0.15, -0.1) is 0 Å². The van der Waals surface area contributed by atoms with Gasteiger partial charge < -0.3 is 26.2 Å². The smallest absolute Gasteiger partial charge is 0.229 e. The Morgan fingerprint density at radius 3 is 2.38 bits per heavy atom. The van der Waals surface area contributed by atoms with E-state index in [1.54, 1.807) is 18.3 Å². The largest absolute Gasteiger partial charge is 0.396 e. The molecule has 0 aliphatic carbocycles. The van der Waals surface area contributed by atoms with Crippen LogP contribution in [0.25, 0.3) is 0 Å². The molecule has 1 saturated heterocycles. The average Bonchev–Trinajstić information content (AvgIpc) is 2.72. The molecule has 0 radical (unpaired) electrons. The molecule has 0 saturated carbocycles. The van der Waals surface area contributed by atoms with Crippen LogP contribution in [0.5, 0.6) is 0 Å². The average molecular weight is 393 g/mol. The molecule has 1 aliphatic heterocycles. The number of rotatable bonds is 5. The van der Waals surface area contributed by atoms with Crippen molar-refractivity contribution in [1.82, 2.24) is 14.9 Å². The molecule has 0 amide bonds. The Morgan fingerprint density at radius 1 is 0.931 bits per heavy atom. The summed E-state index contributed by atoms with van der Waals surface area (Å²) < 4.78 is 13.3. The maximum atomic E-state index is 13.3. The second-order valence-corrected chi connectivity index (χ2v) is 7.09. The molecule has 29 heavy (non-hydrogen) atoms. The molecule has 2 aromatic carbocycles. The summed E-state index contributed by atoms with van der Waals surface area (Å²) in [6, 6.07) is 14.5. The molecule has 2 heterocycles. The van der Waals surface area contributed by atoms with Crippen molar-refractivity contribution in [3.63, 3.8) is 0 Å². The fraction of sp³-hybridized carbons (Fsp3) is 0.238. The Morgan fingerprint density at radius 2 is 1.66 bits per heavy atom. The molecule has 1 fully saturated rings. The van der Waals surface area contributed by atoms with Gasteiger partial charge in [0.15, 0.2) is 0 Å². The van der Waals surface area contributed by atoms with E-state index in [1.807, 2.05) is 12.1 Å². The van der Waals surface area contributed by atoms with E-state index in [0.717, 1.165) is 31.9 Å². The zero-order chi connectivity index (χ0) is 20.2. The van der Waals surface area contributed by atoms with Crippen LogP contribution in [-0.2, 0) is 0 Å². The summed E-state index contributed by atoms with van der Waals surface area (Å²) in [5.74, 6) is 0.612. The fourth-order valence-corrected chi connectivity index (χ4v) is 3.21. The number of likely N-dealkylation sites (N-methyl/N-ethyl adjacent to an activating group) is 1. The quantitative estimate of drug-likeness (QED) is 0.573. The highest BCUT2D eigenvalue weighted by molar-refractivity contribution is 5.64. The number of halogens is 1. The summed E-state index contributed by atoms with van der Waals surface area (Å²) in [5, 5.41) is 6.32. The third kappa shape index (κ3) is 4.72. The van der Waals surface area contributed by atoms with Crippen molar-refractivity contribution in [2.24, 2.45) is 0 Å². The minimum absolute atomic E-state index is 0.0860. The third-order valence-corrected chi connectivity index (χ3v) is 4.92. The fourth-order valence-electron chi connectivity index (χ4n) is 3.21. The van der Waals surface area contributed by atoms with Gasteiger partial charge in [-0.1, -0.05) is 0 Å². The van der Waals surface area contributed by atoms with Crippen LogP contribution in [0.2, 0.25) is 0 Å². The number of nitrogens with zero attached hydrogens (tertiary/aromatic N) is 4. The number of nitrogens with two attached hydrogens (primary N) is 1. The molecule has 1 aliphatic rings. The molecule has 0 spiro atoms. The van der Waals surface area contributed by atoms with E-state index in [9.17, 15) is 4.39 Å². The lowest BCUT2D eigenvalue weighted by molar-refractivity contribution is 0.313. The Balaban J connectivity index is 1.41. The van der Waals surface area contributed by atoms with Gasteiger partial charge in [-0.3, -0.25) is 0 Å². The number of hydrogen-bond acceptors (Lipinski definition) is 7. The number of benzene rings is 2. The van der Waals surface area contributed by atoms with E-state index in [0.29, 0.717) is 17.5 Å². The summed E-state index contributed by atoms with van der Waals surface area (Å²) in [5.41, 5.74) is 8.48. The molecule has 0 unspecified atom stereocenters. The monoisotopic (exact) mass is 393 g/mol. The van der Waals surface area contributed by atoms with E-state index in [1.165, 1.54) is 17.8 Å². The summed E-state index contributed by atoms with van der Waals surface area (Å²) in [6.45, 7) is 4.22. The molecule has 4 N–H and O–H groups in total. The lowest BCUT2D eigenvalue weighted by Gasteiger charge is -2.34. The highest BCUT2D eigenvalue weighted by atomic mass is 19.1. The van der Waals surface area contributed by atoms with Gasteiger partial charge in [0.1, 0.15) is 11.6 Å². The minimum atomic E-state index is -0.444. The van der Waals surface area contributed by atoms with Crippen LogP contribution in [0.1, 0.15) is 0 Å². The van der Waals surface area contributed by atoms with Gasteiger partial charge in [-0.2, -0.15) is 4.98 Å². The maximum absolute atomic E-state index is 13.3. The van der Waals surface area contributed by atoms with Gasteiger partial charge in [0.2, 0.25) is 5.95 Å². The molecule has 8 heteroatoms. The van der Waals surface area contributed by atoms with Crippen LogP contribution in [0.3, 0.4) is 0 Å². The first-order chi connectivity index (χ1) is 14.1. The van der Waals surface area contributed by atoms with Gasteiger partial charge >= 0.3 is 0 Å². The molecule has 4 rings (SSSR count).